The van der Waals surface area contributed by atoms with Crippen LogP contribution in [0.1, 0.15) is 22.5 Å². The van der Waals surface area contributed by atoms with E-state index >= 15 is 0 Å². The second-order valence-electron chi connectivity index (χ2n) is 7.02. The first-order chi connectivity index (χ1) is 14.7. The molecule has 0 spiro atoms. The SMILES string of the molecule is Cc1ccc([N+](=O)[O-])cc1NC(=O)/C(C#N)=C/c1cc(C)n(-c2cccc(Cl)c2)c1C. The van der Waals surface area contributed by atoms with Gasteiger partial charge in [-0.1, -0.05) is 23.7 Å². The van der Waals surface area contributed by atoms with Crippen LogP contribution in [0.3, 0.4) is 0 Å². The van der Waals surface area contributed by atoms with Gasteiger partial charge in [0.25, 0.3) is 11.6 Å². The Morgan fingerprint density at radius 3 is 2.58 bits per heavy atom. The molecule has 1 heterocycles. The molecule has 0 aliphatic heterocycles. The van der Waals surface area contributed by atoms with Gasteiger partial charge in [-0.25, -0.2) is 0 Å². The number of anilines is 1. The minimum Gasteiger partial charge on any atom is -0.321 e. The number of hydrogen-bond donors (Lipinski definition) is 1. The van der Waals surface area contributed by atoms with Crippen molar-refractivity contribution in [1.29, 1.82) is 5.26 Å². The maximum Gasteiger partial charge on any atom is 0.271 e. The van der Waals surface area contributed by atoms with E-state index in [0.29, 0.717) is 16.1 Å². The number of nitrogens with zero attached hydrogens (tertiary/aromatic N) is 3. The quantitative estimate of drug-likeness (QED) is 0.247. The molecule has 0 saturated carbocycles. The number of nitriles is 1. The summed E-state index contributed by atoms with van der Waals surface area (Å²) in [4.78, 5) is 23.2. The molecule has 3 aromatic rings. The summed E-state index contributed by atoms with van der Waals surface area (Å²) in [5.41, 5.74) is 4.01. The minimum absolute atomic E-state index is 0.114. The summed E-state index contributed by atoms with van der Waals surface area (Å²) in [6.45, 7) is 5.52. The topological polar surface area (TPSA) is 101 Å². The number of aryl methyl sites for hydroxylation is 2. The summed E-state index contributed by atoms with van der Waals surface area (Å²) >= 11 is 6.11. The van der Waals surface area contributed by atoms with Gasteiger partial charge in [-0.05, 0) is 62.2 Å². The fourth-order valence-corrected chi connectivity index (χ4v) is 3.48. The van der Waals surface area contributed by atoms with Crippen molar-refractivity contribution in [1.82, 2.24) is 4.57 Å². The Morgan fingerprint density at radius 1 is 1.19 bits per heavy atom. The molecule has 7 nitrogen and oxygen atoms in total. The van der Waals surface area contributed by atoms with Gasteiger partial charge in [0.1, 0.15) is 11.6 Å². The van der Waals surface area contributed by atoms with Crippen molar-refractivity contribution in [2.75, 3.05) is 5.32 Å². The molecule has 0 atom stereocenters. The molecule has 1 amide bonds. The van der Waals surface area contributed by atoms with Crippen LogP contribution in [-0.2, 0) is 4.79 Å². The number of amides is 1. The van der Waals surface area contributed by atoms with E-state index in [2.05, 4.69) is 5.32 Å². The van der Waals surface area contributed by atoms with E-state index in [1.54, 1.807) is 19.1 Å². The molecule has 156 valence electrons. The Morgan fingerprint density at radius 2 is 1.94 bits per heavy atom. The average molecular weight is 435 g/mol. The first-order valence-electron chi connectivity index (χ1n) is 9.34. The van der Waals surface area contributed by atoms with Crippen LogP contribution in [0, 0.1) is 42.2 Å². The third kappa shape index (κ3) is 4.65. The Hall–Kier alpha value is -3.89. The van der Waals surface area contributed by atoms with Crippen molar-refractivity contribution < 1.29 is 9.72 Å². The predicted octanol–water partition coefficient (Wildman–Crippen LogP) is 5.51. The zero-order valence-electron chi connectivity index (χ0n) is 17.1. The Balaban J connectivity index is 1.95. The van der Waals surface area contributed by atoms with Crippen molar-refractivity contribution in [3.63, 3.8) is 0 Å². The Kier molecular flexibility index (Phi) is 6.23. The summed E-state index contributed by atoms with van der Waals surface area (Å²) in [5.74, 6) is -0.640. The number of nitro benzene ring substituents is 1. The molecular formula is C23H19ClN4O3. The molecule has 1 N–H and O–H groups in total. The Labute approximate surface area is 184 Å². The van der Waals surface area contributed by atoms with Crippen molar-refractivity contribution in [3.05, 3.63) is 91.8 Å². The molecule has 0 saturated heterocycles. The van der Waals surface area contributed by atoms with Gasteiger partial charge >= 0.3 is 0 Å². The maximum atomic E-state index is 12.7. The van der Waals surface area contributed by atoms with Crippen LogP contribution in [0.25, 0.3) is 11.8 Å². The van der Waals surface area contributed by atoms with E-state index in [1.165, 1.54) is 18.2 Å². The minimum atomic E-state index is -0.640. The van der Waals surface area contributed by atoms with Crippen LogP contribution >= 0.6 is 11.6 Å². The van der Waals surface area contributed by atoms with Gasteiger partial charge in [0.05, 0.1) is 10.6 Å². The van der Waals surface area contributed by atoms with Crippen LogP contribution in [0.4, 0.5) is 11.4 Å². The smallest absolute Gasteiger partial charge is 0.271 e. The maximum absolute atomic E-state index is 12.7. The highest BCUT2D eigenvalue weighted by atomic mass is 35.5. The third-order valence-corrected chi connectivity index (χ3v) is 5.12. The van der Waals surface area contributed by atoms with Crippen LogP contribution in [0.15, 0.2) is 54.1 Å². The molecule has 31 heavy (non-hydrogen) atoms. The number of carbonyl (C=O) groups is 1. The number of aromatic nitrogens is 1. The van der Waals surface area contributed by atoms with Gasteiger partial charge in [0, 0.05) is 34.2 Å². The number of hydrogen-bond acceptors (Lipinski definition) is 4. The van der Waals surface area contributed by atoms with Crippen molar-refractivity contribution in [2.45, 2.75) is 20.8 Å². The van der Waals surface area contributed by atoms with Crippen LogP contribution < -0.4 is 5.32 Å². The largest absolute Gasteiger partial charge is 0.321 e. The van der Waals surface area contributed by atoms with E-state index in [9.17, 15) is 20.2 Å². The fourth-order valence-electron chi connectivity index (χ4n) is 3.30. The van der Waals surface area contributed by atoms with Crippen molar-refractivity contribution in [3.8, 4) is 11.8 Å². The van der Waals surface area contributed by atoms with Gasteiger partial charge in [0.2, 0.25) is 0 Å². The highest BCUT2D eigenvalue weighted by molar-refractivity contribution is 6.30. The molecule has 8 heteroatoms. The summed E-state index contributed by atoms with van der Waals surface area (Å²) in [6.07, 6.45) is 1.51. The molecule has 0 unspecified atom stereocenters. The summed E-state index contributed by atoms with van der Waals surface area (Å²) in [5, 5.41) is 23.8. The monoisotopic (exact) mass is 434 g/mol. The molecule has 0 radical (unpaired) electrons. The number of carbonyl (C=O) groups excluding carboxylic acids is 1. The zero-order chi connectivity index (χ0) is 22.7. The van der Waals surface area contributed by atoms with Gasteiger partial charge in [-0.2, -0.15) is 5.26 Å². The number of non-ortho nitro benzene ring substituents is 1. The summed E-state index contributed by atoms with van der Waals surface area (Å²) in [7, 11) is 0. The van der Waals surface area contributed by atoms with E-state index in [1.807, 2.05) is 48.7 Å². The first kappa shape index (κ1) is 21.8. The van der Waals surface area contributed by atoms with Gasteiger partial charge in [-0.15, -0.1) is 0 Å². The van der Waals surface area contributed by atoms with E-state index in [4.69, 9.17) is 11.6 Å². The second kappa shape index (κ2) is 8.86. The fraction of sp³-hybridized carbons (Fsp3) is 0.130. The van der Waals surface area contributed by atoms with Crippen LogP contribution in [-0.4, -0.2) is 15.4 Å². The molecule has 2 aromatic carbocycles. The number of nitrogens with one attached hydrogen (secondary N) is 1. The van der Waals surface area contributed by atoms with Crippen molar-refractivity contribution >= 4 is 35.0 Å². The lowest BCUT2D eigenvalue weighted by Crippen LogP contribution is -2.14. The number of benzene rings is 2. The molecule has 3 rings (SSSR count). The van der Waals surface area contributed by atoms with Gasteiger partial charge in [-0.3, -0.25) is 14.9 Å². The molecular weight excluding hydrogens is 416 g/mol. The summed E-state index contributed by atoms with van der Waals surface area (Å²) < 4.78 is 1.98. The molecule has 0 aliphatic carbocycles. The third-order valence-electron chi connectivity index (χ3n) is 4.88. The molecule has 0 bridgehead atoms. The number of nitro groups is 1. The molecule has 0 aliphatic rings. The number of rotatable bonds is 5. The highest BCUT2D eigenvalue weighted by Crippen LogP contribution is 2.26. The second-order valence-corrected chi connectivity index (χ2v) is 7.46. The van der Waals surface area contributed by atoms with E-state index in [-0.39, 0.29) is 16.9 Å². The molecule has 1 aromatic heterocycles. The zero-order valence-corrected chi connectivity index (χ0v) is 17.9. The van der Waals surface area contributed by atoms with E-state index < -0.39 is 10.8 Å². The van der Waals surface area contributed by atoms with Gasteiger partial charge < -0.3 is 9.88 Å². The standard InChI is InChI=1S/C23H19ClN4O3/c1-14-7-8-21(28(30)31)12-22(14)26-23(29)18(13-25)10-17-9-15(2)27(16(17)3)20-6-4-5-19(24)11-20/h4-12H,1-3H3,(H,26,29)/b18-10+. The number of halogens is 1. The summed E-state index contributed by atoms with van der Waals surface area (Å²) in [6, 6.07) is 15.3. The highest BCUT2D eigenvalue weighted by Gasteiger charge is 2.16. The normalized spacial score (nSPS) is 11.1. The van der Waals surface area contributed by atoms with Gasteiger partial charge in [0.15, 0.2) is 0 Å². The van der Waals surface area contributed by atoms with E-state index in [0.717, 1.165) is 17.1 Å². The van der Waals surface area contributed by atoms with Crippen molar-refractivity contribution in [2.24, 2.45) is 0 Å². The predicted molar refractivity (Wildman–Crippen MR) is 120 cm³/mol. The first-order valence-corrected chi connectivity index (χ1v) is 9.72. The molecule has 0 fully saturated rings. The Bertz CT molecular complexity index is 1270. The lowest BCUT2D eigenvalue weighted by Gasteiger charge is -2.10. The lowest BCUT2D eigenvalue weighted by molar-refractivity contribution is -0.384. The van der Waals surface area contributed by atoms with Crippen LogP contribution in [0.5, 0.6) is 0 Å². The average Bonchev–Trinajstić information content (AvgIpc) is 3.00. The van der Waals surface area contributed by atoms with Crippen LogP contribution in [0.2, 0.25) is 5.02 Å². The lowest BCUT2D eigenvalue weighted by atomic mass is 10.1.